The molecule has 4 nitrogen and oxygen atoms in total. The highest BCUT2D eigenvalue weighted by Crippen LogP contribution is 2.17. The van der Waals surface area contributed by atoms with Gasteiger partial charge in [-0.2, -0.15) is 5.10 Å². The summed E-state index contributed by atoms with van der Waals surface area (Å²) in [7, 11) is 1.39. The van der Waals surface area contributed by atoms with E-state index < -0.39 is 0 Å². The van der Waals surface area contributed by atoms with Gasteiger partial charge >= 0.3 is 5.97 Å². The molecule has 0 aromatic carbocycles. The molecule has 0 aromatic rings. The zero-order chi connectivity index (χ0) is 11.9. The van der Waals surface area contributed by atoms with E-state index in [0.29, 0.717) is 13.0 Å². The minimum atomic E-state index is -0.216. The topological polar surface area (TPSA) is 50.7 Å². The summed E-state index contributed by atoms with van der Waals surface area (Å²) >= 11 is 0. The van der Waals surface area contributed by atoms with Crippen LogP contribution >= 0.6 is 0 Å². The number of esters is 1. The molecule has 0 radical (unpaired) electrons. The molecular weight excluding hydrogens is 192 g/mol. The van der Waals surface area contributed by atoms with Crippen LogP contribution in [0.3, 0.4) is 0 Å². The molecule has 0 heterocycles. The summed E-state index contributed by atoms with van der Waals surface area (Å²) in [5, 5.41) is 4.28. The summed E-state index contributed by atoms with van der Waals surface area (Å²) in [5.74, 6) is -0.216. The molecule has 0 fully saturated rings. The van der Waals surface area contributed by atoms with E-state index in [2.05, 4.69) is 43.0 Å². The Kier molecular flexibility index (Phi) is 5.97. The van der Waals surface area contributed by atoms with E-state index >= 15 is 0 Å². The molecule has 15 heavy (non-hydrogen) atoms. The molecule has 0 unspecified atom stereocenters. The lowest BCUT2D eigenvalue weighted by Gasteiger charge is -2.20. The summed E-state index contributed by atoms with van der Waals surface area (Å²) in [6.07, 6.45) is 1.26. The number of carbonyl (C=O) groups excluding carboxylic acids is 1. The van der Waals surface area contributed by atoms with E-state index in [4.69, 9.17) is 0 Å². The van der Waals surface area contributed by atoms with Crippen LogP contribution in [0.4, 0.5) is 0 Å². The van der Waals surface area contributed by atoms with Crippen molar-refractivity contribution in [2.24, 2.45) is 10.5 Å². The third-order valence-electron chi connectivity index (χ3n) is 2.08. The van der Waals surface area contributed by atoms with Gasteiger partial charge in [-0.15, -0.1) is 0 Å². The average molecular weight is 214 g/mol. The lowest BCUT2D eigenvalue weighted by Crippen LogP contribution is -2.24. The maximum absolute atomic E-state index is 10.8. The fourth-order valence-electron chi connectivity index (χ4n) is 1.19. The van der Waals surface area contributed by atoms with E-state index in [0.717, 1.165) is 12.1 Å². The van der Waals surface area contributed by atoms with Gasteiger partial charge in [-0.1, -0.05) is 27.7 Å². The molecule has 88 valence electrons. The van der Waals surface area contributed by atoms with Crippen molar-refractivity contribution in [1.82, 2.24) is 5.43 Å². The lowest BCUT2D eigenvalue weighted by molar-refractivity contribution is -0.140. The van der Waals surface area contributed by atoms with Crippen LogP contribution in [-0.4, -0.2) is 25.3 Å². The minimum absolute atomic E-state index is 0.0764. The number of methoxy groups -OCH3 is 1. The van der Waals surface area contributed by atoms with Gasteiger partial charge in [0.05, 0.1) is 13.5 Å². The molecule has 0 rings (SSSR count). The Hall–Kier alpha value is -1.06. The number of ether oxygens (including phenoxy) is 1. The smallest absolute Gasteiger partial charge is 0.307 e. The summed E-state index contributed by atoms with van der Waals surface area (Å²) < 4.78 is 4.52. The van der Waals surface area contributed by atoms with E-state index in [9.17, 15) is 4.79 Å². The quantitative estimate of drug-likeness (QED) is 0.329. The van der Waals surface area contributed by atoms with Crippen molar-refractivity contribution in [3.63, 3.8) is 0 Å². The van der Waals surface area contributed by atoms with E-state index in [-0.39, 0.29) is 11.4 Å². The van der Waals surface area contributed by atoms with Crippen molar-refractivity contribution in [2.75, 3.05) is 13.7 Å². The van der Waals surface area contributed by atoms with Crippen LogP contribution < -0.4 is 5.43 Å². The second-order valence-electron chi connectivity index (χ2n) is 4.40. The Morgan fingerprint density at radius 2 is 2.00 bits per heavy atom. The van der Waals surface area contributed by atoms with Crippen LogP contribution in [0.2, 0.25) is 0 Å². The molecule has 0 aliphatic rings. The number of hydrazone groups is 1. The molecular formula is C11H22N2O2. The van der Waals surface area contributed by atoms with E-state index in [1.54, 1.807) is 0 Å². The number of hydrogen-bond acceptors (Lipinski definition) is 4. The van der Waals surface area contributed by atoms with Crippen LogP contribution in [0, 0.1) is 5.41 Å². The number of carbonyl (C=O) groups is 1. The SMILES string of the molecule is CC/C(=N/NCCC(=O)OC)C(C)(C)C. The first kappa shape index (κ1) is 13.9. The van der Waals surface area contributed by atoms with E-state index in [1.165, 1.54) is 7.11 Å². The lowest BCUT2D eigenvalue weighted by atomic mass is 9.88. The first-order valence-electron chi connectivity index (χ1n) is 5.28. The van der Waals surface area contributed by atoms with Gasteiger partial charge in [0, 0.05) is 17.7 Å². The number of nitrogens with one attached hydrogen (secondary N) is 1. The Morgan fingerprint density at radius 1 is 1.40 bits per heavy atom. The zero-order valence-corrected chi connectivity index (χ0v) is 10.4. The van der Waals surface area contributed by atoms with Crippen molar-refractivity contribution in [3.05, 3.63) is 0 Å². The van der Waals surface area contributed by atoms with Crippen LogP contribution in [-0.2, 0) is 9.53 Å². The highest BCUT2D eigenvalue weighted by atomic mass is 16.5. The third kappa shape index (κ3) is 6.10. The van der Waals surface area contributed by atoms with Gasteiger partial charge in [-0.25, -0.2) is 0 Å². The fourth-order valence-corrected chi connectivity index (χ4v) is 1.19. The Labute approximate surface area is 92.1 Å². The van der Waals surface area contributed by atoms with E-state index in [1.807, 2.05) is 0 Å². The summed E-state index contributed by atoms with van der Waals surface area (Å²) in [6.45, 7) is 8.96. The number of hydrogen-bond donors (Lipinski definition) is 1. The van der Waals surface area contributed by atoms with Gasteiger partial charge in [0.1, 0.15) is 0 Å². The molecule has 4 heteroatoms. The van der Waals surface area contributed by atoms with Gasteiger partial charge in [-0.3, -0.25) is 4.79 Å². The molecule has 0 saturated heterocycles. The van der Waals surface area contributed by atoms with Crippen molar-refractivity contribution < 1.29 is 9.53 Å². The second-order valence-corrected chi connectivity index (χ2v) is 4.40. The van der Waals surface area contributed by atoms with Crippen molar-refractivity contribution in [1.29, 1.82) is 0 Å². The molecule has 0 saturated carbocycles. The predicted molar refractivity (Wildman–Crippen MR) is 61.8 cm³/mol. The van der Waals surface area contributed by atoms with Gasteiger partial charge in [0.25, 0.3) is 0 Å². The normalized spacial score (nSPS) is 12.5. The van der Waals surface area contributed by atoms with Crippen LogP contribution in [0.5, 0.6) is 0 Å². The van der Waals surface area contributed by atoms with Gasteiger partial charge in [-0.05, 0) is 6.42 Å². The largest absolute Gasteiger partial charge is 0.469 e. The number of nitrogens with zero attached hydrogens (tertiary/aromatic N) is 1. The summed E-state index contributed by atoms with van der Waals surface area (Å²) in [6, 6.07) is 0. The number of rotatable bonds is 5. The third-order valence-corrected chi connectivity index (χ3v) is 2.08. The van der Waals surface area contributed by atoms with Crippen molar-refractivity contribution in [3.8, 4) is 0 Å². The highest BCUT2D eigenvalue weighted by molar-refractivity contribution is 5.88. The Morgan fingerprint density at radius 3 is 2.40 bits per heavy atom. The molecule has 0 aliphatic heterocycles. The monoisotopic (exact) mass is 214 g/mol. The summed E-state index contributed by atoms with van der Waals surface area (Å²) in [4.78, 5) is 10.8. The maximum atomic E-state index is 10.8. The standard InChI is InChI=1S/C11H22N2O2/c1-6-9(11(2,3)4)13-12-8-7-10(14)15-5/h12H,6-8H2,1-5H3/b13-9-. The minimum Gasteiger partial charge on any atom is -0.469 e. The average Bonchev–Trinajstić information content (AvgIpc) is 2.15. The fraction of sp³-hybridized carbons (Fsp3) is 0.818. The molecule has 0 bridgehead atoms. The summed E-state index contributed by atoms with van der Waals surface area (Å²) in [5.41, 5.74) is 4.08. The molecule has 1 N–H and O–H groups in total. The van der Waals surface area contributed by atoms with Crippen LogP contribution in [0.25, 0.3) is 0 Å². The Balaban J connectivity index is 3.98. The van der Waals surface area contributed by atoms with Crippen molar-refractivity contribution >= 4 is 11.7 Å². The van der Waals surface area contributed by atoms with Crippen molar-refractivity contribution in [2.45, 2.75) is 40.5 Å². The van der Waals surface area contributed by atoms with Gasteiger partial charge in [0.2, 0.25) is 0 Å². The first-order chi connectivity index (χ1) is 6.91. The molecule has 0 aliphatic carbocycles. The highest BCUT2D eigenvalue weighted by Gasteiger charge is 2.16. The molecule has 0 amide bonds. The second kappa shape index (κ2) is 6.43. The van der Waals surface area contributed by atoms with Crippen LogP contribution in [0.1, 0.15) is 40.5 Å². The Bertz CT molecular complexity index is 229. The van der Waals surface area contributed by atoms with Gasteiger partial charge < -0.3 is 10.2 Å². The molecule has 0 spiro atoms. The molecule has 0 aromatic heterocycles. The van der Waals surface area contributed by atoms with Crippen LogP contribution in [0.15, 0.2) is 5.10 Å². The first-order valence-corrected chi connectivity index (χ1v) is 5.28. The van der Waals surface area contributed by atoms with Gasteiger partial charge in [0.15, 0.2) is 0 Å². The zero-order valence-electron chi connectivity index (χ0n) is 10.4. The predicted octanol–water partition coefficient (Wildman–Crippen LogP) is 1.95. The molecule has 0 atom stereocenters. The maximum Gasteiger partial charge on any atom is 0.307 e.